The van der Waals surface area contributed by atoms with Gasteiger partial charge in [0.25, 0.3) is 5.91 Å². The third-order valence-electron chi connectivity index (χ3n) is 6.72. The molecule has 2 aromatic heterocycles. The zero-order chi connectivity index (χ0) is 26.1. The number of rotatable bonds is 7. The Bertz CT molecular complexity index is 1520. The van der Waals surface area contributed by atoms with Crippen molar-refractivity contribution < 1.29 is 19.4 Å². The second kappa shape index (κ2) is 9.89. The molecule has 1 amide bonds. The molecule has 0 bridgehead atoms. The van der Waals surface area contributed by atoms with Gasteiger partial charge in [0, 0.05) is 32.4 Å². The quantitative estimate of drug-likeness (QED) is 0.387. The molecule has 4 aromatic rings. The molecule has 8 heteroatoms. The molecule has 0 saturated carbocycles. The zero-order valence-corrected chi connectivity index (χ0v) is 21.1. The molecule has 37 heavy (non-hydrogen) atoms. The van der Waals surface area contributed by atoms with Crippen LogP contribution >= 0.6 is 0 Å². The predicted molar refractivity (Wildman–Crippen MR) is 143 cm³/mol. The summed E-state index contributed by atoms with van der Waals surface area (Å²) in [5.41, 5.74) is 3.97. The molecule has 0 aliphatic carbocycles. The summed E-state index contributed by atoms with van der Waals surface area (Å²) >= 11 is 0. The van der Waals surface area contributed by atoms with Gasteiger partial charge in [-0.15, -0.1) is 0 Å². The number of hydrogen-bond acceptors (Lipinski definition) is 6. The Morgan fingerprint density at radius 2 is 1.89 bits per heavy atom. The maximum absolute atomic E-state index is 13.3. The van der Waals surface area contributed by atoms with Crippen LogP contribution in [0, 0.1) is 6.92 Å². The van der Waals surface area contributed by atoms with Crippen molar-refractivity contribution in [2.24, 2.45) is 0 Å². The van der Waals surface area contributed by atoms with E-state index in [1.165, 1.54) is 0 Å². The first-order valence-electron chi connectivity index (χ1n) is 12.2. The Hall–Kier alpha value is -4.46. The monoisotopic (exact) mass is 496 g/mol. The Morgan fingerprint density at radius 3 is 2.68 bits per heavy atom. The topological polar surface area (TPSA) is 95.9 Å². The van der Waals surface area contributed by atoms with Gasteiger partial charge in [0.15, 0.2) is 5.82 Å². The van der Waals surface area contributed by atoms with Crippen LogP contribution in [-0.4, -0.2) is 47.2 Å². The van der Waals surface area contributed by atoms with Gasteiger partial charge in [0.1, 0.15) is 11.6 Å². The van der Waals surface area contributed by atoms with E-state index in [0.717, 1.165) is 38.9 Å². The maximum Gasteiger partial charge on any atom is 0.307 e. The number of pyridine rings is 2. The van der Waals surface area contributed by atoms with Gasteiger partial charge in [0.05, 0.1) is 24.3 Å². The van der Waals surface area contributed by atoms with Gasteiger partial charge in [-0.25, -0.2) is 9.97 Å². The summed E-state index contributed by atoms with van der Waals surface area (Å²) in [6, 6.07) is 15.2. The number of carboxylic acid groups (broad SMARTS) is 1. The smallest absolute Gasteiger partial charge is 0.307 e. The van der Waals surface area contributed by atoms with Crippen LogP contribution in [0.2, 0.25) is 0 Å². The van der Waals surface area contributed by atoms with Gasteiger partial charge >= 0.3 is 5.97 Å². The molecule has 1 aliphatic heterocycles. The van der Waals surface area contributed by atoms with E-state index in [0.29, 0.717) is 36.8 Å². The van der Waals surface area contributed by atoms with E-state index < -0.39 is 5.97 Å². The molecule has 188 valence electrons. The molecule has 0 fully saturated rings. The molecule has 0 saturated heterocycles. The Morgan fingerprint density at radius 1 is 1.05 bits per heavy atom. The zero-order valence-electron chi connectivity index (χ0n) is 21.1. The van der Waals surface area contributed by atoms with Gasteiger partial charge in [-0.1, -0.05) is 24.3 Å². The highest BCUT2D eigenvalue weighted by Crippen LogP contribution is 2.37. The van der Waals surface area contributed by atoms with Crippen LogP contribution in [0.4, 0.5) is 17.3 Å². The number of hydrogen-bond donors (Lipinski definition) is 1. The van der Waals surface area contributed by atoms with Crippen molar-refractivity contribution in [2.45, 2.75) is 26.7 Å². The number of benzene rings is 2. The summed E-state index contributed by atoms with van der Waals surface area (Å²) < 4.78 is 6.12. The van der Waals surface area contributed by atoms with Gasteiger partial charge in [-0.3, -0.25) is 9.59 Å². The third kappa shape index (κ3) is 4.58. The molecular weight excluding hydrogens is 468 g/mol. The number of carbonyl (C=O) groups excluding carboxylic acids is 1. The predicted octanol–water partition coefficient (Wildman–Crippen LogP) is 4.93. The van der Waals surface area contributed by atoms with Crippen molar-refractivity contribution in [3.63, 3.8) is 0 Å². The van der Waals surface area contributed by atoms with Gasteiger partial charge in [0.2, 0.25) is 0 Å². The highest BCUT2D eigenvalue weighted by molar-refractivity contribution is 6.12. The molecule has 3 heterocycles. The summed E-state index contributed by atoms with van der Waals surface area (Å²) in [4.78, 5) is 37.1. The minimum atomic E-state index is -0.847. The minimum Gasteiger partial charge on any atom is -0.493 e. The van der Waals surface area contributed by atoms with Crippen molar-refractivity contribution in [2.75, 3.05) is 30.0 Å². The summed E-state index contributed by atoms with van der Waals surface area (Å²) in [5.74, 6) is 1.12. The van der Waals surface area contributed by atoms with Crippen LogP contribution in [0.25, 0.3) is 10.8 Å². The highest BCUT2D eigenvalue weighted by Gasteiger charge is 2.30. The number of aryl methyl sites for hydroxylation is 1. The highest BCUT2D eigenvalue weighted by atomic mass is 16.5. The SMILES string of the molecule is CCN1c2ncc(CCOc3ccc4cc(CC(=O)O)ccc4c3C)cc2C(=O)N(C)c2cccnc21. The lowest BCUT2D eigenvalue weighted by atomic mass is 10.0. The van der Waals surface area contributed by atoms with Gasteiger partial charge in [-0.05, 0) is 65.6 Å². The Kier molecular flexibility index (Phi) is 6.48. The molecule has 1 aliphatic rings. The first kappa shape index (κ1) is 24.2. The van der Waals surface area contributed by atoms with E-state index in [-0.39, 0.29) is 12.3 Å². The standard InChI is InChI=1S/C29H28N4O4/c1-4-33-27-23(29(36)32(3)24-6-5-12-30-28(24)33)15-20(17-31-27)11-13-37-25-10-8-21-14-19(16-26(34)35)7-9-22(21)18(25)2/h5-10,12,14-15,17H,4,11,13,16H2,1-3H3,(H,34,35). The normalized spacial score (nSPS) is 12.8. The number of aliphatic carboxylic acids is 1. The van der Waals surface area contributed by atoms with E-state index in [2.05, 4.69) is 9.97 Å². The molecule has 1 N–H and O–H groups in total. The molecule has 0 spiro atoms. The van der Waals surface area contributed by atoms with Crippen LogP contribution in [0.5, 0.6) is 5.75 Å². The minimum absolute atomic E-state index is 0.00103. The fourth-order valence-corrected chi connectivity index (χ4v) is 4.79. The number of ether oxygens (including phenoxy) is 1. The fourth-order valence-electron chi connectivity index (χ4n) is 4.79. The van der Waals surface area contributed by atoms with E-state index in [9.17, 15) is 9.59 Å². The maximum atomic E-state index is 13.3. The molecule has 5 rings (SSSR count). The largest absolute Gasteiger partial charge is 0.493 e. The lowest BCUT2D eigenvalue weighted by molar-refractivity contribution is -0.136. The molecule has 0 radical (unpaired) electrons. The molecule has 0 atom stereocenters. The van der Waals surface area contributed by atoms with Crippen molar-refractivity contribution >= 4 is 40.0 Å². The Labute approximate surface area is 215 Å². The molecule has 8 nitrogen and oxygen atoms in total. The number of anilines is 3. The number of fused-ring (bicyclic) bond motifs is 3. The summed E-state index contributed by atoms with van der Waals surface area (Å²) in [5, 5.41) is 11.1. The fraction of sp³-hybridized carbons (Fsp3) is 0.241. The number of nitrogens with zero attached hydrogens (tertiary/aromatic N) is 4. The first-order valence-corrected chi connectivity index (χ1v) is 12.2. The summed E-state index contributed by atoms with van der Waals surface area (Å²) in [7, 11) is 1.76. The van der Waals surface area contributed by atoms with E-state index in [1.54, 1.807) is 24.3 Å². The van der Waals surface area contributed by atoms with Crippen molar-refractivity contribution in [1.29, 1.82) is 0 Å². The van der Waals surface area contributed by atoms with Crippen LogP contribution in [0.1, 0.15) is 34.0 Å². The van der Waals surface area contributed by atoms with E-state index in [1.807, 2.05) is 67.3 Å². The number of carbonyl (C=O) groups is 2. The van der Waals surface area contributed by atoms with Gasteiger partial charge < -0.3 is 19.6 Å². The number of amides is 1. The molecule has 2 aromatic carbocycles. The van der Waals surface area contributed by atoms with Crippen molar-refractivity contribution in [3.05, 3.63) is 83.2 Å². The third-order valence-corrected chi connectivity index (χ3v) is 6.72. The van der Waals surface area contributed by atoms with Crippen molar-refractivity contribution in [1.82, 2.24) is 9.97 Å². The van der Waals surface area contributed by atoms with E-state index in [4.69, 9.17) is 9.84 Å². The molecular formula is C29H28N4O4. The lowest BCUT2D eigenvalue weighted by Crippen LogP contribution is -2.25. The number of aromatic nitrogens is 2. The van der Waals surface area contributed by atoms with E-state index >= 15 is 0 Å². The summed E-state index contributed by atoms with van der Waals surface area (Å²) in [6.07, 6.45) is 4.10. The van der Waals surface area contributed by atoms with Crippen LogP contribution in [0.3, 0.4) is 0 Å². The number of carboxylic acids is 1. The first-order chi connectivity index (χ1) is 17.9. The average molecular weight is 497 g/mol. The Balaban J connectivity index is 1.35. The second-order valence-corrected chi connectivity index (χ2v) is 9.08. The van der Waals surface area contributed by atoms with Crippen LogP contribution in [-0.2, 0) is 17.6 Å². The molecule has 0 unspecified atom stereocenters. The van der Waals surface area contributed by atoms with Crippen molar-refractivity contribution in [3.8, 4) is 5.75 Å². The van der Waals surface area contributed by atoms with Crippen LogP contribution < -0.4 is 14.5 Å². The average Bonchev–Trinajstić information content (AvgIpc) is 2.98. The second-order valence-electron chi connectivity index (χ2n) is 9.08. The van der Waals surface area contributed by atoms with Gasteiger partial charge in [-0.2, -0.15) is 0 Å². The van der Waals surface area contributed by atoms with Crippen LogP contribution in [0.15, 0.2) is 60.9 Å². The lowest BCUT2D eigenvalue weighted by Gasteiger charge is -2.22. The summed E-state index contributed by atoms with van der Waals surface area (Å²) in [6.45, 7) is 5.07.